The molecule has 3 rings (SSSR count). The Bertz CT molecular complexity index is 670. The van der Waals surface area contributed by atoms with E-state index in [1.165, 1.54) is 0 Å². The largest absolute Gasteiger partial charge is 0.291 e. The van der Waals surface area contributed by atoms with Crippen LogP contribution in [0.4, 0.5) is 5.13 Å². The van der Waals surface area contributed by atoms with E-state index in [4.69, 9.17) is 0 Å². The Morgan fingerprint density at radius 3 is 2.84 bits per heavy atom. The first-order chi connectivity index (χ1) is 9.24. The molecule has 0 atom stereocenters. The minimum atomic E-state index is 0.0708. The second kappa shape index (κ2) is 5.11. The number of thiazole rings is 1. The molecule has 19 heavy (non-hydrogen) atoms. The van der Waals surface area contributed by atoms with Crippen molar-refractivity contribution < 1.29 is 4.79 Å². The van der Waals surface area contributed by atoms with E-state index in [-0.39, 0.29) is 5.91 Å². The number of rotatable bonds is 3. The standard InChI is InChI=1S/C14H12N2OS2/c1-16(13(17)9-10-5-4-8-18-10)14-15-11-6-2-3-7-12(11)19-14/h2-8H,9H2,1H3. The van der Waals surface area contributed by atoms with Gasteiger partial charge in [-0.3, -0.25) is 9.69 Å². The summed E-state index contributed by atoms with van der Waals surface area (Å²) in [7, 11) is 1.79. The van der Waals surface area contributed by atoms with Gasteiger partial charge in [-0.2, -0.15) is 0 Å². The van der Waals surface area contributed by atoms with Gasteiger partial charge in [0, 0.05) is 11.9 Å². The molecule has 0 saturated carbocycles. The molecule has 0 aliphatic heterocycles. The van der Waals surface area contributed by atoms with E-state index in [0.717, 1.165) is 20.2 Å². The van der Waals surface area contributed by atoms with E-state index < -0.39 is 0 Å². The van der Waals surface area contributed by atoms with E-state index in [1.54, 1.807) is 34.6 Å². The molecular formula is C14H12N2OS2. The number of nitrogens with zero attached hydrogens (tertiary/aromatic N) is 2. The van der Waals surface area contributed by atoms with Gasteiger partial charge in [0.2, 0.25) is 5.91 Å². The average molecular weight is 288 g/mol. The molecule has 3 nitrogen and oxygen atoms in total. The zero-order chi connectivity index (χ0) is 13.2. The number of fused-ring (bicyclic) bond motifs is 1. The first kappa shape index (κ1) is 12.3. The van der Waals surface area contributed by atoms with Gasteiger partial charge >= 0.3 is 0 Å². The molecule has 0 spiro atoms. The maximum atomic E-state index is 12.2. The molecule has 2 aromatic heterocycles. The first-order valence-corrected chi connectivity index (χ1v) is 7.58. The van der Waals surface area contributed by atoms with Crippen LogP contribution in [0.2, 0.25) is 0 Å². The van der Waals surface area contributed by atoms with Gasteiger partial charge in [-0.15, -0.1) is 11.3 Å². The number of thiophene rings is 1. The van der Waals surface area contributed by atoms with Crippen molar-refractivity contribution in [3.63, 3.8) is 0 Å². The van der Waals surface area contributed by atoms with Crippen LogP contribution in [0, 0.1) is 0 Å². The van der Waals surface area contributed by atoms with Crippen LogP contribution in [0.1, 0.15) is 4.88 Å². The van der Waals surface area contributed by atoms with Crippen molar-refractivity contribution >= 4 is 43.9 Å². The van der Waals surface area contributed by atoms with E-state index in [9.17, 15) is 4.79 Å². The lowest BCUT2D eigenvalue weighted by atomic mass is 10.3. The normalized spacial score (nSPS) is 10.8. The summed E-state index contributed by atoms with van der Waals surface area (Å²) in [6, 6.07) is 11.9. The van der Waals surface area contributed by atoms with Crippen LogP contribution in [-0.2, 0) is 11.2 Å². The first-order valence-electron chi connectivity index (χ1n) is 5.88. The lowest BCUT2D eigenvalue weighted by Gasteiger charge is -2.12. The van der Waals surface area contributed by atoms with Crippen LogP contribution in [0.5, 0.6) is 0 Å². The number of hydrogen-bond donors (Lipinski definition) is 0. The van der Waals surface area contributed by atoms with Crippen LogP contribution >= 0.6 is 22.7 Å². The number of benzene rings is 1. The maximum absolute atomic E-state index is 12.2. The highest BCUT2D eigenvalue weighted by Crippen LogP contribution is 2.28. The number of likely N-dealkylation sites (N-methyl/N-ethyl adjacent to an activating group) is 1. The van der Waals surface area contributed by atoms with Crippen molar-refractivity contribution in [3.8, 4) is 0 Å². The summed E-state index contributed by atoms with van der Waals surface area (Å²) in [5.41, 5.74) is 0.943. The summed E-state index contributed by atoms with van der Waals surface area (Å²) >= 11 is 3.15. The van der Waals surface area contributed by atoms with Crippen molar-refractivity contribution in [2.24, 2.45) is 0 Å². The highest BCUT2D eigenvalue weighted by molar-refractivity contribution is 7.22. The van der Waals surface area contributed by atoms with Crippen LogP contribution in [0.25, 0.3) is 10.2 Å². The van der Waals surface area contributed by atoms with E-state index in [1.807, 2.05) is 41.8 Å². The quantitative estimate of drug-likeness (QED) is 0.738. The van der Waals surface area contributed by atoms with Crippen molar-refractivity contribution in [2.75, 3.05) is 11.9 Å². The van der Waals surface area contributed by atoms with Gasteiger partial charge in [0.15, 0.2) is 5.13 Å². The summed E-state index contributed by atoms with van der Waals surface area (Å²) in [6.45, 7) is 0. The average Bonchev–Trinajstić information content (AvgIpc) is 3.05. The zero-order valence-corrected chi connectivity index (χ0v) is 12.0. The molecule has 0 aliphatic carbocycles. The van der Waals surface area contributed by atoms with Gasteiger partial charge in [-0.05, 0) is 23.6 Å². The van der Waals surface area contributed by atoms with Gasteiger partial charge in [0.1, 0.15) is 0 Å². The molecule has 96 valence electrons. The second-order valence-corrected chi connectivity index (χ2v) is 6.21. The fraction of sp³-hybridized carbons (Fsp3) is 0.143. The minimum Gasteiger partial charge on any atom is -0.291 e. The Morgan fingerprint density at radius 1 is 1.26 bits per heavy atom. The molecule has 0 radical (unpaired) electrons. The van der Waals surface area contributed by atoms with Gasteiger partial charge in [0.05, 0.1) is 16.6 Å². The molecule has 0 fully saturated rings. The molecule has 5 heteroatoms. The van der Waals surface area contributed by atoms with Crippen molar-refractivity contribution in [3.05, 3.63) is 46.7 Å². The predicted octanol–water partition coefficient (Wildman–Crippen LogP) is 3.56. The Labute approximate surface area is 119 Å². The molecule has 0 N–H and O–H groups in total. The molecule has 2 heterocycles. The topological polar surface area (TPSA) is 33.2 Å². The van der Waals surface area contributed by atoms with Gasteiger partial charge in [0.25, 0.3) is 0 Å². The van der Waals surface area contributed by atoms with Crippen LogP contribution < -0.4 is 4.90 Å². The number of carbonyl (C=O) groups excluding carboxylic acids is 1. The van der Waals surface area contributed by atoms with E-state index in [2.05, 4.69) is 4.98 Å². The predicted molar refractivity (Wildman–Crippen MR) is 81.1 cm³/mol. The Hall–Kier alpha value is -1.72. The van der Waals surface area contributed by atoms with Crippen molar-refractivity contribution in [1.29, 1.82) is 0 Å². The third-order valence-corrected chi connectivity index (χ3v) is 4.84. The maximum Gasteiger partial charge on any atom is 0.233 e. The number of amides is 1. The number of para-hydroxylation sites is 1. The second-order valence-electron chi connectivity index (χ2n) is 4.17. The summed E-state index contributed by atoms with van der Waals surface area (Å²) in [6.07, 6.45) is 0.435. The Balaban J connectivity index is 1.82. The Kier molecular flexibility index (Phi) is 3.31. The fourth-order valence-electron chi connectivity index (χ4n) is 1.79. The number of hydrogen-bond acceptors (Lipinski definition) is 4. The highest BCUT2D eigenvalue weighted by Gasteiger charge is 2.15. The van der Waals surface area contributed by atoms with Gasteiger partial charge < -0.3 is 0 Å². The fourth-order valence-corrected chi connectivity index (χ4v) is 3.43. The SMILES string of the molecule is CN(C(=O)Cc1cccs1)c1nc2ccccc2s1. The van der Waals surface area contributed by atoms with Crippen molar-refractivity contribution in [2.45, 2.75) is 6.42 Å². The van der Waals surface area contributed by atoms with E-state index in [0.29, 0.717) is 6.42 Å². The van der Waals surface area contributed by atoms with Crippen molar-refractivity contribution in [1.82, 2.24) is 4.98 Å². The summed E-state index contributed by atoms with van der Waals surface area (Å²) in [4.78, 5) is 19.4. The number of carbonyl (C=O) groups is 1. The lowest BCUT2D eigenvalue weighted by molar-refractivity contribution is -0.117. The third kappa shape index (κ3) is 2.52. The number of aromatic nitrogens is 1. The molecule has 1 aromatic carbocycles. The highest BCUT2D eigenvalue weighted by atomic mass is 32.1. The summed E-state index contributed by atoms with van der Waals surface area (Å²) in [5, 5.41) is 2.74. The lowest BCUT2D eigenvalue weighted by Crippen LogP contribution is -2.27. The van der Waals surface area contributed by atoms with Gasteiger partial charge in [-0.1, -0.05) is 29.5 Å². The molecule has 0 aliphatic rings. The molecule has 0 bridgehead atoms. The monoisotopic (exact) mass is 288 g/mol. The molecular weight excluding hydrogens is 276 g/mol. The third-order valence-electron chi connectivity index (χ3n) is 2.85. The minimum absolute atomic E-state index is 0.0708. The smallest absolute Gasteiger partial charge is 0.233 e. The van der Waals surface area contributed by atoms with Crippen LogP contribution in [-0.4, -0.2) is 17.9 Å². The van der Waals surface area contributed by atoms with Crippen LogP contribution in [0.15, 0.2) is 41.8 Å². The molecule has 1 amide bonds. The number of anilines is 1. The Morgan fingerprint density at radius 2 is 2.11 bits per heavy atom. The summed E-state index contributed by atoms with van der Waals surface area (Å²) in [5.74, 6) is 0.0708. The van der Waals surface area contributed by atoms with Gasteiger partial charge in [-0.25, -0.2) is 4.98 Å². The summed E-state index contributed by atoms with van der Waals surface area (Å²) < 4.78 is 1.10. The molecule has 3 aromatic rings. The van der Waals surface area contributed by atoms with E-state index >= 15 is 0 Å². The molecule has 0 saturated heterocycles. The zero-order valence-electron chi connectivity index (χ0n) is 10.4. The van der Waals surface area contributed by atoms with Crippen LogP contribution in [0.3, 0.4) is 0 Å². The molecule has 0 unspecified atom stereocenters.